The Labute approximate surface area is 127 Å². The molecule has 0 aromatic carbocycles. The third-order valence-corrected chi connectivity index (χ3v) is 6.60. The van der Waals surface area contributed by atoms with E-state index < -0.39 is 9.28 Å². The highest BCUT2D eigenvalue weighted by atomic mass is 28.3. The minimum Gasteiger partial charge on any atom is -0.529 e. The van der Waals surface area contributed by atoms with Gasteiger partial charge >= 0.3 is 9.28 Å². The average Bonchev–Trinajstić information content (AvgIpc) is 2.50. The number of hydrogen-bond donors (Lipinski definition) is 0. The predicted molar refractivity (Wildman–Crippen MR) is 89.1 cm³/mol. The molecule has 1 saturated carbocycles. The molecule has 0 bridgehead atoms. The van der Waals surface area contributed by atoms with E-state index in [9.17, 15) is 0 Å². The molecule has 20 heavy (non-hydrogen) atoms. The van der Waals surface area contributed by atoms with E-state index in [0.717, 1.165) is 17.9 Å². The highest BCUT2D eigenvalue weighted by Gasteiger charge is 2.18. The van der Waals surface area contributed by atoms with Crippen LogP contribution in [0.25, 0.3) is 0 Å². The highest BCUT2D eigenvalue weighted by Crippen LogP contribution is 2.25. The van der Waals surface area contributed by atoms with Crippen molar-refractivity contribution in [1.29, 1.82) is 0 Å². The Morgan fingerprint density at radius 2 is 1.95 bits per heavy atom. The van der Waals surface area contributed by atoms with Crippen molar-refractivity contribution in [2.45, 2.75) is 77.7 Å². The van der Waals surface area contributed by atoms with E-state index in [4.69, 9.17) is 8.85 Å². The Hall–Kier alpha value is -0.283. The summed E-state index contributed by atoms with van der Waals surface area (Å²) in [5, 5.41) is 0. The van der Waals surface area contributed by atoms with Gasteiger partial charge in [-0.2, -0.15) is 0 Å². The van der Waals surface area contributed by atoms with Crippen LogP contribution in [0.1, 0.15) is 71.6 Å². The summed E-state index contributed by atoms with van der Waals surface area (Å²) in [6.07, 6.45) is 16.3. The van der Waals surface area contributed by atoms with Crippen LogP contribution >= 0.6 is 0 Å². The van der Waals surface area contributed by atoms with Crippen molar-refractivity contribution in [3.8, 4) is 0 Å². The van der Waals surface area contributed by atoms with Gasteiger partial charge in [0.2, 0.25) is 0 Å². The Bertz CT molecular complexity index is 249. The Morgan fingerprint density at radius 3 is 2.55 bits per heavy atom. The number of unbranched alkanes of at least 4 members (excludes halogenated alkanes) is 1. The topological polar surface area (TPSA) is 18.5 Å². The van der Waals surface area contributed by atoms with Crippen molar-refractivity contribution < 1.29 is 8.85 Å². The Balaban J connectivity index is 2.27. The zero-order valence-electron chi connectivity index (χ0n) is 13.8. The first kappa shape index (κ1) is 17.8. The first-order valence-electron chi connectivity index (χ1n) is 8.65. The molecule has 1 fully saturated rings. The largest absolute Gasteiger partial charge is 0.529 e. The third kappa shape index (κ3) is 7.49. The van der Waals surface area contributed by atoms with Crippen molar-refractivity contribution in [2.75, 3.05) is 7.11 Å². The first-order chi connectivity index (χ1) is 9.80. The third-order valence-electron chi connectivity index (χ3n) is 4.56. The SMILES string of the molecule is CCCCC(CC)C[SiH](OC)OC=CC1CCCCC1. The van der Waals surface area contributed by atoms with Gasteiger partial charge in [-0.25, -0.2) is 0 Å². The van der Waals surface area contributed by atoms with Gasteiger partial charge in [0, 0.05) is 13.2 Å². The molecule has 0 saturated heterocycles. The van der Waals surface area contributed by atoms with Crippen LogP contribution in [-0.4, -0.2) is 16.4 Å². The van der Waals surface area contributed by atoms with Crippen molar-refractivity contribution in [3.63, 3.8) is 0 Å². The monoisotopic (exact) mass is 298 g/mol. The molecule has 0 heterocycles. The molecule has 1 aliphatic carbocycles. The molecule has 2 nitrogen and oxygen atoms in total. The number of allylic oxidation sites excluding steroid dienone is 1. The molecule has 0 spiro atoms. The lowest BCUT2D eigenvalue weighted by Crippen LogP contribution is -2.22. The normalized spacial score (nSPS) is 20.1. The van der Waals surface area contributed by atoms with E-state index in [1.807, 2.05) is 13.4 Å². The lowest BCUT2D eigenvalue weighted by molar-refractivity contribution is 0.289. The molecule has 1 rings (SSSR count). The summed E-state index contributed by atoms with van der Waals surface area (Å²) in [5.41, 5.74) is 0. The summed E-state index contributed by atoms with van der Waals surface area (Å²) in [7, 11) is 0.328. The molecule has 0 aromatic heterocycles. The van der Waals surface area contributed by atoms with Gasteiger partial charge in [0.05, 0.1) is 6.26 Å². The minimum atomic E-state index is -1.49. The van der Waals surface area contributed by atoms with Gasteiger partial charge in [-0.1, -0.05) is 58.8 Å². The van der Waals surface area contributed by atoms with E-state index in [0.29, 0.717) is 0 Å². The molecule has 0 N–H and O–H groups in total. The van der Waals surface area contributed by atoms with Gasteiger partial charge in [-0.15, -0.1) is 0 Å². The number of rotatable bonds is 10. The maximum absolute atomic E-state index is 5.94. The van der Waals surface area contributed by atoms with Crippen LogP contribution in [-0.2, 0) is 8.85 Å². The molecular formula is C17H34O2Si. The Kier molecular flexibility index (Phi) is 10.1. The van der Waals surface area contributed by atoms with Crippen LogP contribution < -0.4 is 0 Å². The Morgan fingerprint density at radius 1 is 1.20 bits per heavy atom. The molecule has 0 aromatic rings. The van der Waals surface area contributed by atoms with Gasteiger partial charge in [-0.05, 0) is 30.8 Å². The highest BCUT2D eigenvalue weighted by molar-refractivity contribution is 6.44. The molecule has 3 heteroatoms. The second-order valence-corrected chi connectivity index (χ2v) is 8.25. The van der Waals surface area contributed by atoms with Crippen LogP contribution in [0, 0.1) is 11.8 Å². The molecule has 0 aliphatic heterocycles. The van der Waals surface area contributed by atoms with Crippen molar-refractivity contribution >= 4 is 9.28 Å². The molecule has 2 unspecified atom stereocenters. The quantitative estimate of drug-likeness (QED) is 0.408. The summed E-state index contributed by atoms with van der Waals surface area (Å²) in [6.45, 7) is 4.56. The van der Waals surface area contributed by atoms with E-state index in [2.05, 4.69) is 19.9 Å². The summed E-state index contributed by atoms with van der Waals surface area (Å²) in [5.74, 6) is 1.53. The summed E-state index contributed by atoms with van der Waals surface area (Å²) in [4.78, 5) is 0. The lowest BCUT2D eigenvalue weighted by Gasteiger charge is -2.20. The van der Waals surface area contributed by atoms with Gasteiger partial charge < -0.3 is 8.85 Å². The average molecular weight is 299 g/mol. The zero-order valence-corrected chi connectivity index (χ0v) is 14.9. The van der Waals surface area contributed by atoms with Crippen LogP contribution in [0.3, 0.4) is 0 Å². The van der Waals surface area contributed by atoms with Crippen LogP contribution in [0.4, 0.5) is 0 Å². The van der Waals surface area contributed by atoms with Crippen molar-refractivity contribution in [3.05, 3.63) is 12.3 Å². The van der Waals surface area contributed by atoms with Gasteiger partial charge in [-0.3, -0.25) is 0 Å². The standard InChI is InChI=1S/C17H34O2Si/c1-4-6-10-16(5-2)15-20(18-3)19-14-13-17-11-8-7-9-12-17/h13-14,16-17,20H,4-12,15H2,1-3H3. The molecule has 0 radical (unpaired) electrons. The fraction of sp³-hybridized carbons (Fsp3) is 0.882. The van der Waals surface area contributed by atoms with Crippen LogP contribution in [0.15, 0.2) is 12.3 Å². The lowest BCUT2D eigenvalue weighted by atomic mass is 9.89. The predicted octanol–water partition coefficient (Wildman–Crippen LogP) is 5.18. The van der Waals surface area contributed by atoms with Crippen LogP contribution in [0.5, 0.6) is 0 Å². The van der Waals surface area contributed by atoms with E-state index >= 15 is 0 Å². The zero-order chi connectivity index (χ0) is 14.6. The maximum Gasteiger partial charge on any atom is 0.381 e. The molecule has 1 aliphatic rings. The maximum atomic E-state index is 5.94. The molecule has 118 valence electrons. The number of hydrogen-bond acceptors (Lipinski definition) is 2. The minimum absolute atomic E-state index is 0.748. The van der Waals surface area contributed by atoms with Gasteiger partial charge in [0.1, 0.15) is 0 Å². The molecule has 2 atom stereocenters. The van der Waals surface area contributed by atoms with Gasteiger partial charge in [0.25, 0.3) is 0 Å². The van der Waals surface area contributed by atoms with Crippen molar-refractivity contribution in [2.24, 2.45) is 11.8 Å². The second-order valence-electron chi connectivity index (χ2n) is 6.18. The summed E-state index contributed by atoms with van der Waals surface area (Å²) in [6, 6.07) is 1.15. The summed E-state index contributed by atoms with van der Waals surface area (Å²) >= 11 is 0. The van der Waals surface area contributed by atoms with E-state index in [-0.39, 0.29) is 0 Å². The fourth-order valence-electron chi connectivity index (χ4n) is 3.03. The summed E-state index contributed by atoms with van der Waals surface area (Å²) < 4.78 is 11.6. The van der Waals surface area contributed by atoms with Crippen LogP contribution in [0.2, 0.25) is 6.04 Å². The van der Waals surface area contributed by atoms with Gasteiger partial charge in [0.15, 0.2) is 0 Å². The van der Waals surface area contributed by atoms with E-state index in [1.165, 1.54) is 57.8 Å². The molecule has 0 amide bonds. The smallest absolute Gasteiger partial charge is 0.381 e. The first-order valence-corrected chi connectivity index (χ1v) is 10.4. The fourth-order valence-corrected chi connectivity index (χ4v) is 4.83. The second kappa shape index (κ2) is 11.4. The van der Waals surface area contributed by atoms with E-state index in [1.54, 1.807) is 0 Å². The van der Waals surface area contributed by atoms with Crippen molar-refractivity contribution in [1.82, 2.24) is 0 Å². The molecular weight excluding hydrogens is 264 g/mol.